The average molecular weight is 306 g/mol. The number of hydrogen-bond acceptors (Lipinski definition) is 4. The Morgan fingerprint density at radius 2 is 1.91 bits per heavy atom. The van der Waals surface area contributed by atoms with Crippen LogP contribution in [0.5, 0.6) is 0 Å². The highest BCUT2D eigenvalue weighted by molar-refractivity contribution is 5.96. The predicted octanol–water partition coefficient (Wildman–Crippen LogP) is 2.72. The van der Waals surface area contributed by atoms with E-state index in [9.17, 15) is 14.7 Å². The van der Waals surface area contributed by atoms with Crippen LogP contribution >= 0.6 is 0 Å². The number of carboxylic acids is 1. The van der Waals surface area contributed by atoms with Gasteiger partial charge in [0.25, 0.3) is 5.91 Å². The van der Waals surface area contributed by atoms with Crippen LogP contribution in [0.15, 0.2) is 4.42 Å². The maximum Gasteiger partial charge on any atom is 0.329 e. The van der Waals surface area contributed by atoms with E-state index in [4.69, 9.17) is 4.42 Å². The van der Waals surface area contributed by atoms with Crippen molar-refractivity contribution in [1.82, 2.24) is 9.88 Å². The van der Waals surface area contributed by atoms with Gasteiger partial charge in [0.05, 0.1) is 5.69 Å². The quantitative estimate of drug-likeness (QED) is 0.924. The summed E-state index contributed by atoms with van der Waals surface area (Å²) in [5.41, 5.74) is -0.566. The van der Waals surface area contributed by atoms with Crippen molar-refractivity contribution in [3.63, 3.8) is 0 Å². The molecule has 0 bridgehead atoms. The van der Waals surface area contributed by atoms with Gasteiger partial charge in [-0.15, -0.1) is 0 Å². The highest BCUT2D eigenvalue weighted by Crippen LogP contribution is 2.40. The number of oxazole rings is 1. The molecule has 2 fully saturated rings. The number of likely N-dealkylation sites (N-methyl/N-ethyl adjacent to an activating group) is 1. The Balaban J connectivity index is 1.87. The van der Waals surface area contributed by atoms with Gasteiger partial charge in [-0.2, -0.15) is 0 Å². The molecule has 1 aromatic heterocycles. The molecule has 2 saturated carbocycles. The summed E-state index contributed by atoms with van der Waals surface area (Å²) in [7, 11) is 1.57. The fourth-order valence-corrected chi connectivity index (χ4v) is 3.30. The molecule has 0 atom stereocenters. The molecule has 120 valence electrons. The number of aliphatic carboxylic acids is 1. The second kappa shape index (κ2) is 5.41. The van der Waals surface area contributed by atoms with Gasteiger partial charge >= 0.3 is 5.97 Å². The molecule has 0 radical (unpaired) electrons. The summed E-state index contributed by atoms with van der Waals surface area (Å²) in [6.07, 6.45) is 5.74. The first-order valence-corrected chi connectivity index (χ1v) is 7.94. The van der Waals surface area contributed by atoms with Crippen molar-refractivity contribution < 1.29 is 19.1 Å². The lowest BCUT2D eigenvalue weighted by Crippen LogP contribution is -2.56. The lowest BCUT2D eigenvalue weighted by Gasteiger charge is -2.40. The first-order chi connectivity index (χ1) is 10.5. The minimum absolute atomic E-state index is 0.190. The molecule has 6 nitrogen and oxygen atoms in total. The van der Waals surface area contributed by atoms with Crippen molar-refractivity contribution in [2.75, 3.05) is 7.05 Å². The summed E-state index contributed by atoms with van der Waals surface area (Å²) in [5.74, 6) is -0.171. The van der Waals surface area contributed by atoms with Crippen molar-refractivity contribution in [3.8, 4) is 0 Å². The molecular formula is C16H22N2O4. The summed E-state index contributed by atoms with van der Waals surface area (Å²) in [6, 6.07) is 0. The zero-order valence-corrected chi connectivity index (χ0v) is 13.1. The number of aromatic nitrogens is 1. The van der Waals surface area contributed by atoms with Crippen molar-refractivity contribution in [1.29, 1.82) is 0 Å². The zero-order valence-electron chi connectivity index (χ0n) is 13.1. The number of rotatable bonds is 4. The molecule has 0 saturated heterocycles. The highest BCUT2D eigenvalue weighted by Gasteiger charge is 2.46. The fourth-order valence-electron chi connectivity index (χ4n) is 3.30. The topological polar surface area (TPSA) is 83.6 Å². The Bertz CT molecular complexity index is 597. The third-order valence-corrected chi connectivity index (χ3v) is 4.96. The van der Waals surface area contributed by atoms with Gasteiger partial charge in [0.1, 0.15) is 5.54 Å². The van der Waals surface area contributed by atoms with Crippen LogP contribution in [0.25, 0.3) is 0 Å². The van der Waals surface area contributed by atoms with E-state index in [1.54, 1.807) is 14.0 Å². The molecule has 1 heterocycles. The molecule has 0 aromatic carbocycles. The van der Waals surface area contributed by atoms with E-state index < -0.39 is 11.5 Å². The summed E-state index contributed by atoms with van der Waals surface area (Å²) in [5, 5.41) is 9.69. The molecule has 0 spiro atoms. The molecule has 2 aliphatic rings. The van der Waals surface area contributed by atoms with Gasteiger partial charge in [-0.25, -0.2) is 9.78 Å². The minimum Gasteiger partial charge on any atom is -0.479 e. The largest absolute Gasteiger partial charge is 0.479 e. The van der Waals surface area contributed by atoms with E-state index in [0.29, 0.717) is 30.3 Å². The van der Waals surface area contributed by atoms with Crippen molar-refractivity contribution >= 4 is 11.9 Å². The van der Waals surface area contributed by atoms with E-state index in [1.807, 2.05) is 0 Å². The van der Waals surface area contributed by atoms with E-state index in [2.05, 4.69) is 4.98 Å². The molecule has 3 rings (SSSR count). The number of aryl methyl sites for hydroxylation is 1. The van der Waals surface area contributed by atoms with Crippen LogP contribution in [0, 0.1) is 6.92 Å². The van der Waals surface area contributed by atoms with Gasteiger partial charge in [-0.3, -0.25) is 4.79 Å². The van der Waals surface area contributed by atoms with Gasteiger partial charge in [-0.1, -0.05) is 19.3 Å². The average Bonchev–Trinajstić information content (AvgIpc) is 3.29. The fraction of sp³-hybridized carbons (Fsp3) is 0.688. The molecule has 1 N–H and O–H groups in total. The summed E-state index contributed by atoms with van der Waals surface area (Å²) in [4.78, 5) is 30.3. The number of carbonyl (C=O) groups excluding carboxylic acids is 1. The predicted molar refractivity (Wildman–Crippen MR) is 78.8 cm³/mol. The van der Waals surface area contributed by atoms with Crippen LogP contribution in [0.2, 0.25) is 0 Å². The number of nitrogens with zero attached hydrogens (tertiary/aromatic N) is 2. The van der Waals surface area contributed by atoms with Gasteiger partial charge in [0.2, 0.25) is 5.76 Å². The second-order valence-corrected chi connectivity index (χ2v) is 6.50. The molecule has 0 unspecified atom stereocenters. The number of carbonyl (C=O) groups is 2. The molecule has 6 heteroatoms. The van der Waals surface area contributed by atoms with Crippen LogP contribution in [0.4, 0.5) is 0 Å². The maximum absolute atomic E-state index is 12.8. The van der Waals surface area contributed by atoms with Gasteiger partial charge in [-0.05, 0) is 32.6 Å². The van der Waals surface area contributed by atoms with E-state index in [-0.39, 0.29) is 11.7 Å². The molecule has 1 aromatic rings. The third kappa shape index (κ3) is 2.40. The van der Waals surface area contributed by atoms with Crippen molar-refractivity contribution in [2.45, 2.75) is 63.3 Å². The third-order valence-electron chi connectivity index (χ3n) is 4.96. The normalized spacial score (nSPS) is 20.6. The van der Waals surface area contributed by atoms with E-state index in [1.165, 1.54) is 4.90 Å². The van der Waals surface area contributed by atoms with Crippen LogP contribution in [-0.2, 0) is 4.79 Å². The molecule has 0 aliphatic heterocycles. The van der Waals surface area contributed by atoms with Crippen molar-refractivity contribution in [3.05, 3.63) is 17.3 Å². The Labute approximate surface area is 129 Å². The highest BCUT2D eigenvalue weighted by atomic mass is 16.4. The van der Waals surface area contributed by atoms with Crippen LogP contribution in [0.1, 0.15) is 73.0 Å². The molecule has 22 heavy (non-hydrogen) atoms. The molecular weight excluding hydrogens is 284 g/mol. The first kappa shape index (κ1) is 15.1. The molecule has 2 aliphatic carbocycles. The van der Waals surface area contributed by atoms with E-state index in [0.717, 1.165) is 32.1 Å². The number of amides is 1. The Kier molecular flexibility index (Phi) is 3.70. The summed E-state index contributed by atoms with van der Waals surface area (Å²) < 4.78 is 5.64. The van der Waals surface area contributed by atoms with E-state index >= 15 is 0 Å². The summed E-state index contributed by atoms with van der Waals surface area (Å²) in [6.45, 7) is 1.74. The Morgan fingerprint density at radius 1 is 1.27 bits per heavy atom. The van der Waals surface area contributed by atoms with Gasteiger partial charge in [0.15, 0.2) is 5.89 Å². The Morgan fingerprint density at radius 3 is 2.45 bits per heavy atom. The standard InChI is InChI=1S/C16H22N2O4/c1-10-12(22-13(17-10)11-6-7-11)14(19)18(2)16(15(20)21)8-4-3-5-9-16/h11H,3-9H2,1-2H3,(H,20,21). The minimum atomic E-state index is -1.12. The lowest BCUT2D eigenvalue weighted by molar-refractivity contribution is -0.151. The zero-order chi connectivity index (χ0) is 15.9. The number of hydrogen-bond donors (Lipinski definition) is 1. The Hall–Kier alpha value is -1.85. The van der Waals surface area contributed by atoms with Gasteiger partial charge in [0, 0.05) is 13.0 Å². The SMILES string of the molecule is Cc1nc(C2CC2)oc1C(=O)N(C)C1(C(=O)O)CCCCC1. The van der Waals surface area contributed by atoms with Crippen LogP contribution in [0.3, 0.4) is 0 Å². The first-order valence-electron chi connectivity index (χ1n) is 7.94. The summed E-state index contributed by atoms with van der Waals surface area (Å²) >= 11 is 0. The number of carboxylic acid groups (broad SMARTS) is 1. The van der Waals surface area contributed by atoms with Crippen LogP contribution in [-0.4, -0.2) is 39.5 Å². The molecule has 1 amide bonds. The van der Waals surface area contributed by atoms with Crippen LogP contribution < -0.4 is 0 Å². The monoisotopic (exact) mass is 306 g/mol. The lowest BCUT2D eigenvalue weighted by atomic mass is 9.80. The maximum atomic E-state index is 12.8. The van der Waals surface area contributed by atoms with Crippen molar-refractivity contribution in [2.24, 2.45) is 0 Å². The second-order valence-electron chi connectivity index (χ2n) is 6.50. The van der Waals surface area contributed by atoms with Gasteiger partial charge < -0.3 is 14.4 Å². The smallest absolute Gasteiger partial charge is 0.329 e.